The molecule has 2 aromatic carbocycles. The summed E-state index contributed by atoms with van der Waals surface area (Å²) < 4.78 is 5.33. The fraction of sp³-hybridized carbons (Fsp3) is 0.292. The molecular weight excluding hydrogens is 392 g/mol. The molecule has 0 spiro atoms. The monoisotopic (exact) mass is 418 g/mol. The van der Waals surface area contributed by atoms with Gasteiger partial charge in [0.2, 0.25) is 11.8 Å². The molecule has 7 heteroatoms. The number of nitrogens with one attached hydrogen (secondary N) is 2. The Morgan fingerprint density at radius 3 is 2.61 bits per heavy atom. The first-order valence-corrected chi connectivity index (χ1v) is 10.5. The third-order valence-corrected chi connectivity index (χ3v) is 5.46. The van der Waals surface area contributed by atoms with E-state index in [4.69, 9.17) is 4.74 Å². The van der Waals surface area contributed by atoms with Crippen molar-refractivity contribution in [3.8, 4) is 5.88 Å². The average Bonchev–Trinajstić information content (AvgIpc) is 3.33. The van der Waals surface area contributed by atoms with Gasteiger partial charge in [-0.2, -0.15) is 0 Å². The minimum atomic E-state index is -0.734. The van der Waals surface area contributed by atoms with E-state index >= 15 is 0 Å². The Hall–Kier alpha value is -3.61. The number of carbonyl (C=O) groups excluding carboxylic acids is 2. The lowest BCUT2D eigenvalue weighted by Gasteiger charge is -2.19. The number of amides is 2. The van der Waals surface area contributed by atoms with Crippen molar-refractivity contribution in [2.75, 3.05) is 30.4 Å². The molecule has 2 amide bonds. The number of pyridine rings is 1. The maximum atomic E-state index is 12.7. The van der Waals surface area contributed by atoms with E-state index in [9.17, 15) is 9.59 Å². The third-order valence-electron chi connectivity index (χ3n) is 5.46. The van der Waals surface area contributed by atoms with Crippen molar-refractivity contribution in [3.05, 3.63) is 60.3 Å². The Labute approximate surface area is 181 Å². The van der Waals surface area contributed by atoms with Gasteiger partial charge in [-0.3, -0.25) is 9.59 Å². The molecule has 2 N–H and O–H groups in total. The highest BCUT2D eigenvalue weighted by Gasteiger charge is 2.20. The van der Waals surface area contributed by atoms with Crippen LogP contribution in [0.4, 0.5) is 11.4 Å². The van der Waals surface area contributed by atoms with Crippen LogP contribution in [0.2, 0.25) is 0 Å². The summed E-state index contributed by atoms with van der Waals surface area (Å²) in [6.07, 6.45) is 2.38. The molecule has 160 valence electrons. The number of nitrogens with zero attached hydrogens (tertiary/aromatic N) is 2. The predicted molar refractivity (Wildman–Crippen MR) is 122 cm³/mol. The lowest BCUT2D eigenvalue weighted by atomic mass is 10.1. The summed E-state index contributed by atoms with van der Waals surface area (Å²) in [4.78, 5) is 32.0. The molecule has 0 saturated carbocycles. The van der Waals surface area contributed by atoms with Crippen LogP contribution in [-0.4, -0.2) is 43.0 Å². The van der Waals surface area contributed by atoms with Crippen LogP contribution in [0.15, 0.2) is 54.6 Å². The van der Waals surface area contributed by atoms with E-state index in [1.165, 1.54) is 20.0 Å². The molecule has 2 heterocycles. The van der Waals surface area contributed by atoms with Gasteiger partial charge >= 0.3 is 0 Å². The molecule has 1 fully saturated rings. The minimum Gasteiger partial charge on any atom is -0.481 e. The molecule has 31 heavy (non-hydrogen) atoms. The van der Waals surface area contributed by atoms with Gasteiger partial charge in [-0.25, -0.2) is 4.98 Å². The lowest BCUT2D eigenvalue weighted by Crippen LogP contribution is -2.41. The number of aromatic nitrogens is 1. The van der Waals surface area contributed by atoms with E-state index in [0.29, 0.717) is 11.6 Å². The number of anilines is 2. The van der Waals surface area contributed by atoms with Crippen LogP contribution in [0, 0.1) is 0 Å². The van der Waals surface area contributed by atoms with Crippen molar-refractivity contribution in [2.24, 2.45) is 0 Å². The van der Waals surface area contributed by atoms with Gasteiger partial charge in [0.1, 0.15) is 11.7 Å². The number of carbonyl (C=O) groups is 2. The quantitative estimate of drug-likeness (QED) is 0.639. The van der Waals surface area contributed by atoms with Gasteiger partial charge in [0, 0.05) is 29.9 Å². The standard InChI is InChI=1S/C24H26N4O3/c1-16(22(29)26-18-9-7-10-19(15-18)28-12-5-6-13-28)25-23(30)21-14-17-8-3-4-11-20(17)24(27-21)31-2/h3-4,7-11,14-16H,5-6,12-13H2,1-2H3,(H,25,30)(H,26,29). The van der Waals surface area contributed by atoms with Crippen LogP contribution in [0.5, 0.6) is 5.88 Å². The number of benzene rings is 2. The topological polar surface area (TPSA) is 83.6 Å². The molecule has 1 aromatic heterocycles. The van der Waals surface area contributed by atoms with Crippen molar-refractivity contribution in [2.45, 2.75) is 25.8 Å². The Bertz CT molecular complexity index is 1110. The molecule has 4 rings (SSSR count). The van der Waals surface area contributed by atoms with Gasteiger partial charge in [-0.1, -0.05) is 24.3 Å². The van der Waals surface area contributed by atoms with Crippen LogP contribution < -0.4 is 20.3 Å². The Balaban J connectivity index is 1.44. The summed E-state index contributed by atoms with van der Waals surface area (Å²) in [5, 5.41) is 7.28. The van der Waals surface area contributed by atoms with Crippen molar-refractivity contribution < 1.29 is 14.3 Å². The van der Waals surface area contributed by atoms with Gasteiger partial charge in [0.15, 0.2) is 0 Å². The second-order valence-corrected chi connectivity index (χ2v) is 7.67. The van der Waals surface area contributed by atoms with Crippen molar-refractivity contribution in [3.63, 3.8) is 0 Å². The Morgan fingerprint density at radius 2 is 1.84 bits per heavy atom. The van der Waals surface area contributed by atoms with Gasteiger partial charge in [-0.15, -0.1) is 0 Å². The maximum absolute atomic E-state index is 12.7. The fourth-order valence-corrected chi connectivity index (χ4v) is 3.78. The average molecular weight is 418 g/mol. The molecule has 3 aromatic rings. The molecular formula is C24H26N4O3. The summed E-state index contributed by atoms with van der Waals surface area (Å²) in [6, 6.07) is 16.3. The van der Waals surface area contributed by atoms with Gasteiger partial charge in [-0.05, 0) is 55.5 Å². The smallest absolute Gasteiger partial charge is 0.270 e. The van der Waals surface area contributed by atoms with Gasteiger partial charge in [0.05, 0.1) is 7.11 Å². The summed E-state index contributed by atoms with van der Waals surface area (Å²) in [6.45, 7) is 3.72. The van der Waals surface area contributed by atoms with E-state index in [2.05, 4.69) is 20.5 Å². The van der Waals surface area contributed by atoms with E-state index in [1.54, 1.807) is 13.0 Å². The first-order valence-electron chi connectivity index (χ1n) is 10.5. The molecule has 0 aliphatic carbocycles. The van der Waals surface area contributed by atoms with E-state index < -0.39 is 11.9 Å². The lowest BCUT2D eigenvalue weighted by molar-refractivity contribution is -0.117. The summed E-state index contributed by atoms with van der Waals surface area (Å²) in [5.41, 5.74) is 2.01. The van der Waals surface area contributed by atoms with E-state index in [-0.39, 0.29) is 11.6 Å². The van der Waals surface area contributed by atoms with E-state index in [1.807, 2.05) is 48.5 Å². The largest absolute Gasteiger partial charge is 0.481 e. The number of fused-ring (bicyclic) bond motifs is 1. The van der Waals surface area contributed by atoms with Crippen LogP contribution in [0.3, 0.4) is 0 Å². The number of ether oxygens (including phenoxy) is 1. The zero-order chi connectivity index (χ0) is 21.8. The number of hydrogen-bond acceptors (Lipinski definition) is 5. The zero-order valence-corrected chi connectivity index (χ0v) is 17.7. The summed E-state index contributed by atoms with van der Waals surface area (Å²) in [5.74, 6) is -0.351. The van der Waals surface area contributed by atoms with Crippen LogP contribution in [0.1, 0.15) is 30.3 Å². The van der Waals surface area contributed by atoms with Gasteiger partial charge < -0.3 is 20.3 Å². The van der Waals surface area contributed by atoms with Gasteiger partial charge in [0.25, 0.3) is 5.91 Å². The third kappa shape index (κ3) is 4.60. The second-order valence-electron chi connectivity index (χ2n) is 7.67. The Morgan fingerprint density at radius 1 is 1.06 bits per heavy atom. The molecule has 1 aliphatic rings. The Kier molecular flexibility index (Phi) is 6.02. The van der Waals surface area contributed by atoms with Crippen molar-refractivity contribution in [1.29, 1.82) is 0 Å². The predicted octanol–water partition coefficient (Wildman–Crippen LogP) is 3.60. The number of rotatable bonds is 6. The number of methoxy groups -OCH3 is 1. The SMILES string of the molecule is COc1nc(C(=O)NC(C)C(=O)Nc2cccc(N3CCCC3)c2)cc2ccccc12. The second kappa shape index (κ2) is 9.04. The highest BCUT2D eigenvalue weighted by Crippen LogP contribution is 2.25. The first kappa shape index (κ1) is 20.7. The maximum Gasteiger partial charge on any atom is 0.270 e. The highest BCUT2D eigenvalue weighted by molar-refractivity contribution is 6.02. The molecule has 1 atom stereocenters. The summed E-state index contributed by atoms with van der Waals surface area (Å²) >= 11 is 0. The zero-order valence-electron chi connectivity index (χ0n) is 17.7. The van der Waals surface area contributed by atoms with Crippen LogP contribution in [0.25, 0.3) is 10.8 Å². The fourth-order valence-electron chi connectivity index (χ4n) is 3.78. The van der Waals surface area contributed by atoms with E-state index in [0.717, 1.165) is 29.5 Å². The van der Waals surface area contributed by atoms with Crippen molar-refractivity contribution in [1.82, 2.24) is 10.3 Å². The molecule has 7 nitrogen and oxygen atoms in total. The van der Waals surface area contributed by atoms with Crippen LogP contribution >= 0.6 is 0 Å². The minimum absolute atomic E-state index is 0.200. The summed E-state index contributed by atoms with van der Waals surface area (Å²) in [7, 11) is 1.52. The highest BCUT2D eigenvalue weighted by atomic mass is 16.5. The molecule has 1 aliphatic heterocycles. The number of hydrogen-bond donors (Lipinski definition) is 2. The molecule has 1 unspecified atom stereocenters. The van der Waals surface area contributed by atoms with Crippen molar-refractivity contribution >= 4 is 34.0 Å². The molecule has 0 radical (unpaired) electrons. The normalized spacial score (nSPS) is 14.3. The first-order chi connectivity index (χ1) is 15.0. The van der Waals surface area contributed by atoms with Crippen LogP contribution in [-0.2, 0) is 4.79 Å². The molecule has 1 saturated heterocycles. The molecule has 0 bridgehead atoms.